The number of amides is 2. The van der Waals surface area contributed by atoms with Crippen LogP contribution in [0.3, 0.4) is 0 Å². The first-order valence-corrected chi connectivity index (χ1v) is 10.3. The van der Waals surface area contributed by atoms with Crippen molar-refractivity contribution >= 4 is 23.4 Å². The Bertz CT molecular complexity index is 836. The molecule has 4 nitrogen and oxygen atoms in total. The molecule has 0 saturated carbocycles. The number of nitrogens with zero attached hydrogens (tertiary/aromatic N) is 1. The highest BCUT2D eigenvalue weighted by Crippen LogP contribution is 2.22. The molecule has 0 aliphatic rings. The van der Waals surface area contributed by atoms with Gasteiger partial charge in [0.1, 0.15) is 11.9 Å². The van der Waals surface area contributed by atoms with Crippen molar-refractivity contribution in [1.82, 2.24) is 10.2 Å². The van der Waals surface area contributed by atoms with Gasteiger partial charge in [-0.15, -0.1) is 0 Å². The lowest BCUT2D eigenvalue weighted by molar-refractivity contribution is -0.140. The van der Waals surface area contributed by atoms with E-state index in [-0.39, 0.29) is 35.4 Å². The number of aryl methyl sites for hydroxylation is 1. The number of nitrogens with one attached hydrogen (secondary N) is 1. The number of rotatable bonds is 9. The molecule has 0 radical (unpaired) electrons. The molecule has 0 heterocycles. The maximum absolute atomic E-state index is 14.2. The summed E-state index contributed by atoms with van der Waals surface area (Å²) in [6.45, 7) is 6.52. The van der Waals surface area contributed by atoms with Gasteiger partial charge < -0.3 is 10.2 Å². The van der Waals surface area contributed by atoms with Crippen LogP contribution in [0.2, 0.25) is 5.02 Å². The van der Waals surface area contributed by atoms with Crippen molar-refractivity contribution in [1.29, 1.82) is 0 Å². The zero-order valence-corrected chi connectivity index (χ0v) is 17.9. The van der Waals surface area contributed by atoms with E-state index in [1.807, 2.05) is 38.1 Å². The second-order valence-corrected chi connectivity index (χ2v) is 7.55. The molecule has 2 rings (SSSR count). The Morgan fingerprint density at radius 2 is 1.90 bits per heavy atom. The van der Waals surface area contributed by atoms with Crippen molar-refractivity contribution in [3.8, 4) is 0 Å². The smallest absolute Gasteiger partial charge is 0.242 e. The van der Waals surface area contributed by atoms with Crippen molar-refractivity contribution in [2.75, 3.05) is 6.54 Å². The van der Waals surface area contributed by atoms with E-state index in [1.165, 1.54) is 17.0 Å². The van der Waals surface area contributed by atoms with E-state index in [0.29, 0.717) is 6.54 Å². The van der Waals surface area contributed by atoms with Crippen LogP contribution in [0.1, 0.15) is 43.4 Å². The van der Waals surface area contributed by atoms with Crippen molar-refractivity contribution in [2.45, 2.75) is 52.6 Å². The number of carbonyl (C=O) groups is 2. The lowest BCUT2D eigenvalue weighted by Gasteiger charge is -2.29. The molecule has 0 fully saturated rings. The van der Waals surface area contributed by atoms with E-state index < -0.39 is 11.9 Å². The quantitative estimate of drug-likeness (QED) is 0.602. The molecule has 6 heteroatoms. The van der Waals surface area contributed by atoms with E-state index in [2.05, 4.69) is 5.32 Å². The van der Waals surface area contributed by atoms with Crippen LogP contribution in [0.4, 0.5) is 4.39 Å². The molecule has 1 N–H and O–H groups in total. The second-order valence-electron chi connectivity index (χ2n) is 7.15. The topological polar surface area (TPSA) is 49.4 Å². The standard InChI is InChI=1S/C23H28ClFN2O2/c1-4-5-13-26-23(29)17(3)27(15-18-10-7-6-9-16(18)2)22(28)14-19-20(24)11-8-12-21(19)25/h6-12,17H,4-5,13-15H2,1-3H3,(H,26,29)/t17-/m0/s1. The van der Waals surface area contributed by atoms with Gasteiger partial charge in [-0.1, -0.05) is 55.3 Å². The summed E-state index contributed by atoms with van der Waals surface area (Å²) in [4.78, 5) is 27.2. The number of hydrogen-bond acceptors (Lipinski definition) is 2. The normalized spacial score (nSPS) is 11.8. The third-order valence-corrected chi connectivity index (χ3v) is 5.34. The zero-order valence-electron chi connectivity index (χ0n) is 17.2. The highest BCUT2D eigenvalue weighted by molar-refractivity contribution is 6.31. The van der Waals surface area contributed by atoms with Crippen LogP contribution in [0.5, 0.6) is 0 Å². The Hall–Kier alpha value is -2.40. The van der Waals surface area contributed by atoms with Gasteiger partial charge >= 0.3 is 0 Å². The fourth-order valence-corrected chi connectivity index (χ4v) is 3.27. The van der Waals surface area contributed by atoms with Crippen LogP contribution in [0, 0.1) is 12.7 Å². The van der Waals surface area contributed by atoms with E-state index >= 15 is 0 Å². The summed E-state index contributed by atoms with van der Waals surface area (Å²) in [5, 5.41) is 3.08. The minimum atomic E-state index is -0.690. The summed E-state index contributed by atoms with van der Waals surface area (Å²) >= 11 is 6.10. The van der Waals surface area contributed by atoms with Crippen molar-refractivity contribution in [3.63, 3.8) is 0 Å². The fraction of sp³-hybridized carbons (Fsp3) is 0.391. The third kappa shape index (κ3) is 6.29. The monoisotopic (exact) mass is 418 g/mol. The molecule has 0 spiro atoms. The summed E-state index contributed by atoms with van der Waals surface area (Å²) in [5.41, 5.74) is 2.11. The van der Waals surface area contributed by atoms with Gasteiger partial charge in [0, 0.05) is 23.7 Å². The third-order valence-electron chi connectivity index (χ3n) is 4.99. The van der Waals surface area contributed by atoms with Gasteiger partial charge in [-0.25, -0.2) is 4.39 Å². The number of benzene rings is 2. The molecule has 2 aromatic rings. The van der Waals surface area contributed by atoms with Crippen LogP contribution in [0.25, 0.3) is 0 Å². The highest BCUT2D eigenvalue weighted by atomic mass is 35.5. The maximum atomic E-state index is 14.2. The molecule has 0 saturated heterocycles. The molecule has 156 valence electrons. The zero-order chi connectivity index (χ0) is 21.4. The van der Waals surface area contributed by atoms with Gasteiger partial charge in [0.2, 0.25) is 11.8 Å². The lowest BCUT2D eigenvalue weighted by atomic mass is 10.1. The predicted octanol–water partition coefficient (Wildman–Crippen LogP) is 4.66. The first-order chi connectivity index (χ1) is 13.8. The van der Waals surface area contributed by atoms with Gasteiger partial charge in [0.25, 0.3) is 0 Å². The lowest BCUT2D eigenvalue weighted by Crippen LogP contribution is -2.48. The Morgan fingerprint density at radius 3 is 2.55 bits per heavy atom. The van der Waals surface area contributed by atoms with Crippen LogP contribution >= 0.6 is 11.6 Å². The molecule has 0 aromatic heterocycles. The second kappa shape index (κ2) is 11.0. The largest absolute Gasteiger partial charge is 0.354 e. The Morgan fingerprint density at radius 1 is 1.17 bits per heavy atom. The minimum Gasteiger partial charge on any atom is -0.354 e. The van der Waals surface area contributed by atoms with E-state index in [0.717, 1.165) is 24.0 Å². The number of unbranched alkanes of at least 4 members (excludes halogenated alkanes) is 1. The van der Waals surface area contributed by atoms with Gasteiger partial charge in [-0.3, -0.25) is 9.59 Å². The summed E-state index contributed by atoms with van der Waals surface area (Å²) in [6, 6.07) is 11.3. The molecule has 29 heavy (non-hydrogen) atoms. The maximum Gasteiger partial charge on any atom is 0.242 e. The SMILES string of the molecule is CCCCNC(=O)[C@H](C)N(Cc1ccccc1C)C(=O)Cc1c(F)cccc1Cl. The number of hydrogen-bond donors (Lipinski definition) is 1. The highest BCUT2D eigenvalue weighted by Gasteiger charge is 2.27. The van der Waals surface area contributed by atoms with E-state index in [4.69, 9.17) is 11.6 Å². The van der Waals surface area contributed by atoms with Gasteiger partial charge in [0.15, 0.2) is 0 Å². The van der Waals surface area contributed by atoms with Gasteiger partial charge in [0.05, 0.1) is 6.42 Å². The Kier molecular flexibility index (Phi) is 8.65. The summed E-state index contributed by atoms with van der Waals surface area (Å²) < 4.78 is 14.2. The number of halogens is 2. The molecule has 1 atom stereocenters. The summed E-state index contributed by atoms with van der Waals surface area (Å²) in [7, 11) is 0. The summed E-state index contributed by atoms with van der Waals surface area (Å²) in [6.07, 6.45) is 1.63. The average Bonchev–Trinajstić information content (AvgIpc) is 2.69. The molecule has 0 unspecified atom stereocenters. The first kappa shape index (κ1) is 22.9. The predicted molar refractivity (Wildman–Crippen MR) is 114 cm³/mol. The number of carbonyl (C=O) groups excluding carboxylic acids is 2. The van der Waals surface area contributed by atoms with Crippen LogP contribution in [-0.2, 0) is 22.6 Å². The van der Waals surface area contributed by atoms with E-state index in [9.17, 15) is 14.0 Å². The van der Waals surface area contributed by atoms with Crippen molar-refractivity contribution < 1.29 is 14.0 Å². The molecule has 0 bridgehead atoms. The molecule has 0 aliphatic carbocycles. The van der Waals surface area contributed by atoms with Crippen LogP contribution < -0.4 is 5.32 Å². The summed E-state index contributed by atoms with van der Waals surface area (Å²) in [5.74, 6) is -1.10. The Labute approximate surface area is 177 Å². The van der Waals surface area contributed by atoms with E-state index in [1.54, 1.807) is 13.0 Å². The van der Waals surface area contributed by atoms with Crippen LogP contribution in [-0.4, -0.2) is 29.3 Å². The van der Waals surface area contributed by atoms with Gasteiger partial charge in [-0.2, -0.15) is 0 Å². The van der Waals surface area contributed by atoms with Gasteiger partial charge in [-0.05, 0) is 43.5 Å². The molecule has 2 aromatic carbocycles. The first-order valence-electron chi connectivity index (χ1n) is 9.89. The minimum absolute atomic E-state index is 0.146. The molecule has 0 aliphatic heterocycles. The van der Waals surface area contributed by atoms with Crippen molar-refractivity contribution in [2.24, 2.45) is 0 Å². The molecular formula is C23H28ClFN2O2. The van der Waals surface area contributed by atoms with Crippen molar-refractivity contribution in [3.05, 3.63) is 70.0 Å². The molecular weight excluding hydrogens is 391 g/mol. The Balaban J connectivity index is 2.26. The van der Waals surface area contributed by atoms with Crippen LogP contribution in [0.15, 0.2) is 42.5 Å². The molecule has 2 amide bonds. The fourth-order valence-electron chi connectivity index (χ4n) is 3.04. The average molecular weight is 419 g/mol.